The summed E-state index contributed by atoms with van der Waals surface area (Å²) in [5.74, 6) is -2.12. The van der Waals surface area contributed by atoms with E-state index in [0.717, 1.165) is 0 Å². The molecular weight excluding hydrogens is 404 g/mol. The van der Waals surface area contributed by atoms with Crippen LogP contribution in [0.25, 0.3) is 12.2 Å². The number of phenolic OH excluding ortho intramolecular Hbond substituents is 4. The maximum absolute atomic E-state index is 12.7. The highest BCUT2D eigenvalue weighted by atomic mass is 16.5. The summed E-state index contributed by atoms with van der Waals surface area (Å²) < 4.78 is 11.2. The van der Waals surface area contributed by atoms with Gasteiger partial charge in [0.05, 0.1) is 11.5 Å². The van der Waals surface area contributed by atoms with Crippen LogP contribution in [0.3, 0.4) is 0 Å². The number of fused-ring (bicyclic) bond motifs is 1. The Bertz CT molecular complexity index is 1270. The van der Waals surface area contributed by atoms with E-state index in [1.54, 1.807) is 12.1 Å². The van der Waals surface area contributed by atoms with Crippen molar-refractivity contribution in [1.29, 1.82) is 0 Å². The molecule has 2 atom stereocenters. The van der Waals surface area contributed by atoms with Gasteiger partial charge in [0.25, 0.3) is 0 Å². The fraction of sp³-hybridized carbons (Fsp3) is 0.130. The molecule has 1 aliphatic heterocycles. The normalized spacial score (nSPS) is 17.5. The zero-order valence-electron chi connectivity index (χ0n) is 16.3. The molecule has 4 N–H and O–H groups in total. The van der Waals surface area contributed by atoms with Crippen molar-refractivity contribution in [1.82, 2.24) is 0 Å². The first-order valence-electron chi connectivity index (χ1n) is 9.31. The molecule has 0 amide bonds. The lowest BCUT2D eigenvalue weighted by molar-refractivity contribution is -0.119. The number of hydrogen-bond acceptors (Lipinski definition) is 8. The largest absolute Gasteiger partial charge is 0.504 e. The van der Waals surface area contributed by atoms with Crippen LogP contribution in [-0.4, -0.2) is 26.2 Å². The van der Waals surface area contributed by atoms with Crippen LogP contribution in [0.15, 0.2) is 51.7 Å². The SMILES string of the molecule is CC(=O)C1c2c(cc(/C=C/c3ccc(O)c(O)c3)oc2=O)OC1c1ccc(O)c(O)c1. The Morgan fingerprint density at radius 1 is 0.903 bits per heavy atom. The minimum Gasteiger partial charge on any atom is -0.504 e. The maximum Gasteiger partial charge on any atom is 0.344 e. The van der Waals surface area contributed by atoms with Gasteiger partial charge in [-0.15, -0.1) is 0 Å². The van der Waals surface area contributed by atoms with E-state index < -0.39 is 17.6 Å². The molecule has 0 aliphatic carbocycles. The smallest absolute Gasteiger partial charge is 0.344 e. The Labute approximate surface area is 175 Å². The molecule has 2 heterocycles. The average Bonchev–Trinajstić information content (AvgIpc) is 3.11. The molecule has 8 nitrogen and oxygen atoms in total. The molecule has 1 aliphatic rings. The molecule has 8 heteroatoms. The van der Waals surface area contributed by atoms with Crippen molar-refractivity contribution >= 4 is 17.9 Å². The second-order valence-corrected chi connectivity index (χ2v) is 7.17. The first-order valence-corrected chi connectivity index (χ1v) is 9.31. The molecule has 3 aromatic rings. The Morgan fingerprint density at radius 2 is 1.58 bits per heavy atom. The Hall–Kier alpha value is -4.20. The highest BCUT2D eigenvalue weighted by Gasteiger charge is 2.42. The molecule has 0 saturated heterocycles. The van der Waals surface area contributed by atoms with Crippen LogP contribution in [0.5, 0.6) is 28.7 Å². The van der Waals surface area contributed by atoms with Crippen molar-refractivity contribution < 1.29 is 34.4 Å². The molecule has 0 spiro atoms. The zero-order valence-corrected chi connectivity index (χ0v) is 16.3. The number of hydrogen-bond donors (Lipinski definition) is 4. The number of benzene rings is 2. The van der Waals surface area contributed by atoms with Gasteiger partial charge >= 0.3 is 5.63 Å². The second kappa shape index (κ2) is 7.56. The van der Waals surface area contributed by atoms with Gasteiger partial charge in [0, 0.05) is 6.07 Å². The summed E-state index contributed by atoms with van der Waals surface area (Å²) in [4.78, 5) is 25.0. The summed E-state index contributed by atoms with van der Waals surface area (Å²) in [6.07, 6.45) is 2.19. The van der Waals surface area contributed by atoms with E-state index in [0.29, 0.717) is 11.1 Å². The van der Waals surface area contributed by atoms with E-state index in [9.17, 15) is 30.0 Å². The number of aromatic hydroxyl groups is 4. The van der Waals surface area contributed by atoms with E-state index in [1.165, 1.54) is 49.4 Å². The van der Waals surface area contributed by atoms with Gasteiger partial charge < -0.3 is 29.6 Å². The summed E-state index contributed by atoms with van der Waals surface area (Å²) in [5, 5.41) is 38.3. The molecule has 0 bridgehead atoms. The highest BCUT2D eigenvalue weighted by molar-refractivity contribution is 5.86. The van der Waals surface area contributed by atoms with Crippen molar-refractivity contribution in [3.05, 3.63) is 75.3 Å². The predicted molar refractivity (Wildman–Crippen MR) is 110 cm³/mol. The molecule has 2 aromatic carbocycles. The van der Waals surface area contributed by atoms with Gasteiger partial charge in [-0.3, -0.25) is 4.79 Å². The zero-order chi connectivity index (χ0) is 22.3. The van der Waals surface area contributed by atoms with Gasteiger partial charge in [-0.1, -0.05) is 18.2 Å². The molecule has 2 unspecified atom stereocenters. The number of rotatable bonds is 4. The van der Waals surface area contributed by atoms with E-state index in [2.05, 4.69) is 0 Å². The van der Waals surface area contributed by atoms with Crippen LogP contribution in [0.4, 0.5) is 0 Å². The fourth-order valence-electron chi connectivity index (χ4n) is 3.53. The molecule has 158 valence electrons. The van der Waals surface area contributed by atoms with Crippen LogP contribution in [0.2, 0.25) is 0 Å². The topological polar surface area (TPSA) is 137 Å². The summed E-state index contributed by atoms with van der Waals surface area (Å²) in [5.41, 5.74) is 0.335. The predicted octanol–water partition coefficient (Wildman–Crippen LogP) is 3.44. The van der Waals surface area contributed by atoms with Crippen LogP contribution < -0.4 is 10.4 Å². The Kier molecular flexibility index (Phi) is 4.90. The van der Waals surface area contributed by atoms with Crippen molar-refractivity contribution in [2.24, 2.45) is 0 Å². The lowest BCUT2D eigenvalue weighted by atomic mass is 9.89. The van der Waals surface area contributed by atoms with Crippen LogP contribution in [0, 0.1) is 0 Å². The number of carbonyl (C=O) groups excluding carboxylic acids is 1. The maximum atomic E-state index is 12.7. The molecule has 0 saturated carbocycles. The van der Waals surface area contributed by atoms with Crippen LogP contribution in [0.1, 0.15) is 41.4 Å². The van der Waals surface area contributed by atoms with E-state index >= 15 is 0 Å². The number of Topliss-reactive ketones (excluding diaryl/α,β-unsaturated/α-hetero) is 1. The molecule has 0 radical (unpaired) electrons. The minimum absolute atomic E-state index is 0.0875. The lowest BCUT2D eigenvalue weighted by Gasteiger charge is -2.17. The molecule has 31 heavy (non-hydrogen) atoms. The van der Waals surface area contributed by atoms with Crippen LogP contribution in [-0.2, 0) is 4.79 Å². The van der Waals surface area contributed by atoms with Crippen molar-refractivity contribution in [3.63, 3.8) is 0 Å². The number of phenols is 4. The third kappa shape index (κ3) is 3.71. The quantitative estimate of drug-likeness (QED) is 0.469. The van der Waals surface area contributed by atoms with E-state index in [4.69, 9.17) is 9.15 Å². The van der Waals surface area contributed by atoms with Crippen LogP contribution >= 0.6 is 0 Å². The van der Waals surface area contributed by atoms with Gasteiger partial charge in [0.15, 0.2) is 23.0 Å². The van der Waals surface area contributed by atoms with Gasteiger partial charge in [0.1, 0.15) is 23.4 Å². The molecular formula is C23H18O8. The molecule has 0 fully saturated rings. The number of carbonyl (C=O) groups is 1. The number of ketones is 1. The Morgan fingerprint density at radius 3 is 2.23 bits per heavy atom. The van der Waals surface area contributed by atoms with E-state index in [1.807, 2.05) is 0 Å². The summed E-state index contributed by atoms with van der Waals surface area (Å²) in [6, 6.07) is 9.76. The minimum atomic E-state index is -0.928. The van der Waals surface area contributed by atoms with Crippen molar-refractivity contribution in [2.75, 3.05) is 0 Å². The summed E-state index contributed by atoms with van der Waals surface area (Å²) in [7, 11) is 0. The average molecular weight is 422 g/mol. The highest BCUT2D eigenvalue weighted by Crippen LogP contribution is 2.46. The van der Waals surface area contributed by atoms with Crippen molar-refractivity contribution in [2.45, 2.75) is 18.9 Å². The first kappa shape index (κ1) is 20.1. The Balaban J connectivity index is 1.71. The fourth-order valence-corrected chi connectivity index (χ4v) is 3.53. The van der Waals surface area contributed by atoms with Gasteiger partial charge in [-0.05, 0) is 48.4 Å². The van der Waals surface area contributed by atoms with E-state index in [-0.39, 0.29) is 45.9 Å². The monoisotopic (exact) mass is 422 g/mol. The lowest BCUT2D eigenvalue weighted by Crippen LogP contribution is -2.20. The third-order valence-electron chi connectivity index (χ3n) is 5.04. The van der Waals surface area contributed by atoms with Gasteiger partial charge in [-0.25, -0.2) is 4.79 Å². The van der Waals surface area contributed by atoms with Gasteiger partial charge in [0.2, 0.25) is 0 Å². The first-order chi connectivity index (χ1) is 14.7. The summed E-state index contributed by atoms with van der Waals surface area (Å²) >= 11 is 0. The molecule has 4 rings (SSSR count). The standard InChI is InChI=1S/C23H18O8/c1-11(24)20-21-19(31-22(20)13-4-7-16(26)18(28)9-13)10-14(30-23(21)29)5-2-12-3-6-15(25)17(27)8-12/h2-10,20,22,25-28H,1H3/b5-2+. The molecule has 1 aromatic heterocycles. The summed E-state index contributed by atoms with van der Waals surface area (Å²) in [6.45, 7) is 1.33. The second-order valence-electron chi connectivity index (χ2n) is 7.17. The van der Waals surface area contributed by atoms with Gasteiger partial charge in [-0.2, -0.15) is 0 Å². The number of ether oxygens (including phenoxy) is 1. The third-order valence-corrected chi connectivity index (χ3v) is 5.04. The van der Waals surface area contributed by atoms with Crippen molar-refractivity contribution in [3.8, 4) is 28.7 Å².